The molecule has 0 atom stereocenters. The van der Waals surface area contributed by atoms with E-state index in [1.807, 2.05) is 26.8 Å². The number of carbonyl (C=O) groups is 2. The molecule has 10 heteroatoms. The molecular formula is C21H30N4O5S. The molecule has 0 radical (unpaired) electrons. The van der Waals surface area contributed by atoms with Crippen molar-refractivity contribution in [2.75, 3.05) is 30.9 Å². The van der Waals surface area contributed by atoms with Gasteiger partial charge < -0.3 is 15.4 Å². The van der Waals surface area contributed by atoms with E-state index in [1.54, 1.807) is 6.07 Å². The molecular weight excluding hydrogens is 420 g/mol. The number of rotatable bonds is 11. The standard InChI is InChI=1S/C21H30N4O5S/c1-13(2)12-25-19(22)18(20(28)23-21(25)29)24(10-5-11-30-4)17(27)9-7-15(26)16-8-6-14(3)31-16/h6,8,13H,5,7,9-12,22H2,1-4H3,(H,23,28,29). The number of hydrogen-bond acceptors (Lipinski definition) is 7. The van der Waals surface area contributed by atoms with Crippen LogP contribution in [0.1, 0.15) is 47.7 Å². The van der Waals surface area contributed by atoms with E-state index in [-0.39, 0.29) is 42.6 Å². The predicted octanol–water partition coefficient (Wildman–Crippen LogP) is 2.18. The number of carbonyl (C=O) groups excluding carboxylic acids is 2. The zero-order valence-electron chi connectivity index (χ0n) is 18.4. The van der Waals surface area contributed by atoms with Gasteiger partial charge in [0.05, 0.1) is 4.88 Å². The van der Waals surface area contributed by atoms with Crippen LogP contribution in [0.4, 0.5) is 11.5 Å². The lowest BCUT2D eigenvalue weighted by Gasteiger charge is -2.25. The van der Waals surface area contributed by atoms with Crippen LogP contribution >= 0.6 is 11.3 Å². The Labute approximate surface area is 184 Å². The van der Waals surface area contributed by atoms with Crippen molar-refractivity contribution in [3.8, 4) is 0 Å². The third-order valence-corrected chi connectivity index (χ3v) is 5.69. The Morgan fingerprint density at radius 2 is 1.97 bits per heavy atom. The highest BCUT2D eigenvalue weighted by molar-refractivity contribution is 7.14. The summed E-state index contributed by atoms with van der Waals surface area (Å²) in [7, 11) is 1.54. The number of methoxy groups -OCH3 is 1. The molecule has 3 N–H and O–H groups in total. The Morgan fingerprint density at radius 3 is 2.55 bits per heavy atom. The summed E-state index contributed by atoms with van der Waals surface area (Å²) in [5.41, 5.74) is 4.76. The molecule has 0 unspecified atom stereocenters. The largest absolute Gasteiger partial charge is 0.385 e. The minimum Gasteiger partial charge on any atom is -0.385 e. The number of amides is 1. The maximum absolute atomic E-state index is 13.0. The third kappa shape index (κ3) is 6.38. The topological polar surface area (TPSA) is 127 Å². The molecule has 1 amide bonds. The zero-order valence-corrected chi connectivity index (χ0v) is 19.2. The lowest BCUT2D eigenvalue weighted by atomic mass is 10.1. The van der Waals surface area contributed by atoms with Crippen molar-refractivity contribution in [1.29, 1.82) is 0 Å². The number of ketones is 1. The van der Waals surface area contributed by atoms with Crippen molar-refractivity contribution in [2.45, 2.75) is 46.6 Å². The van der Waals surface area contributed by atoms with Gasteiger partial charge in [0.2, 0.25) is 5.91 Å². The monoisotopic (exact) mass is 450 g/mol. The van der Waals surface area contributed by atoms with E-state index in [1.165, 1.54) is 27.9 Å². The number of anilines is 2. The van der Waals surface area contributed by atoms with E-state index < -0.39 is 17.2 Å². The summed E-state index contributed by atoms with van der Waals surface area (Å²) >= 11 is 1.38. The molecule has 0 fully saturated rings. The van der Waals surface area contributed by atoms with Crippen molar-refractivity contribution < 1.29 is 14.3 Å². The first-order chi connectivity index (χ1) is 14.6. The second kappa shape index (κ2) is 11.1. The quantitative estimate of drug-likeness (QED) is 0.399. The average molecular weight is 451 g/mol. The lowest BCUT2D eigenvalue weighted by molar-refractivity contribution is -0.118. The van der Waals surface area contributed by atoms with Crippen LogP contribution in [0.3, 0.4) is 0 Å². The molecule has 0 aliphatic heterocycles. The molecule has 2 aromatic rings. The Bertz CT molecular complexity index is 1040. The first-order valence-corrected chi connectivity index (χ1v) is 11.0. The number of hydrogen-bond donors (Lipinski definition) is 2. The van der Waals surface area contributed by atoms with E-state index >= 15 is 0 Å². The number of nitrogen functional groups attached to an aromatic ring is 1. The highest BCUT2D eigenvalue weighted by atomic mass is 32.1. The smallest absolute Gasteiger partial charge is 0.330 e. The van der Waals surface area contributed by atoms with Crippen LogP contribution in [-0.2, 0) is 16.1 Å². The Kier molecular flexibility index (Phi) is 8.76. The fourth-order valence-corrected chi connectivity index (χ4v) is 4.01. The number of nitrogens with zero attached hydrogens (tertiary/aromatic N) is 2. The number of ether oxygens (including phenoxy) is 1. The molecule has 2 heterocycles. The Balaban J connectivity index is 2.32. The number of nitrogens with two attached hydrogens (primary N) is 1. The minimum absolute atomic E-state index is 0.0169. The average Bonchev–Trinajstić information content (AvgIpc) is 3.14. The van der Waals surface area contributed by atoms with Crippen molar-refractivity contribution in [1.82, 2.24) is 9.55 Å². The highest BCUT2D eigenvalue weighted by Gasteiger charge is 2.25. The summed E-state index contributed by atoms with van der Waals surface area (Å²) in [4.78, 5) is 55.4. The van der Waals surface area contributed by atoms with Crippen molar-refractivity contribution >= 4 is 34.5 Å². The zero-order chi connectivity index (χ0) is 23.1. The van der Waals surface area contributed by atoms with Gasteiger partial charge in [0.15, 0.2) is 11.5 Å². The molecule has 0 saturated carbocycles. The van der Waals surface area contributed by atoms with Crippen LogP contribution in [0, 0.1) is 12.8 Å². The summed E-state index contributed by atoms with van der Waals surface area (Å²) < 4.78 is 6.32. The second-order valence-electron chi connectivity index (χ2n) is 7.72. The lowest BCUT2D eigenvalue weighted by Crippen LogP contribution is -2.42. The van der Waals surface area contributed by atoms with Gasteiger partial charge in [-0.3, -0.25) is 23.9 Å². The first kappa shape index (κ1) is 24.5. The molecule has 9 nitrogen and oxygen atoms in total. The van der Waals surface area contributed by atoms with Gasteiger partial charge in [-0.05, 0) is 31.4 Å². The van der Waals surface area contributed by atoms with Gasteiger partial charge in [-0.15, -0.1) is 11.3 Å². The number of aromatic amines is 1. The van der Waals surface area contributed by atoms with E-state index in [0.717, 1.165) is 4.88 Å². The molecule has 0 saturated heterocycles. The third-order valence-electron chi connectivity index (χ3n) is 4.64. The molecule has 0 aliphatic carbocycles. The molecule has 0 aromatic carbocycles. The van der Waals surface area contributed by atoms with E-state index in [9.17, 15) is 19.2 Å². The molecule has 0 spiro atoms. The van der Waals surface area contributed by atoms with Crippen molar-refractivity contribution in [3.63, 3.8) is 0 Å². The number of aromatic nitrogens is 2. The van der Waals surface area contributed by atoms with Gasteiger partial charge in [-0.2, -0.15) is 0 Å². The van der Waals surface area contributed by atoms with Crippen LogP contribution in [0.5, 0.6) is 0 Å². The highest BCUT2D eigenvalue weighted by Crippen LogP contribution is 2.21. The number of nitrogens with one attached hydrogen (secondary N) is 1. The van der Waals surface area contributed by atoms with Gasteiger partial charge in [0.1, 0.15) is 5.82 Å². The molecule has 2 rings (SSSR count). The summed E-state index contributed by atoms with van der Waals surface area (Å²) in [5.74, 6) is -0.503. The molecule has 0 bridgehead atoms. The Morgan fingerprint density at radius 1 is 1.26 bits per heavy atom. The van der Waals surface area contributed by atoms with E-state index in [0.29, 0.717) is 24.4 Å². The van der Waals surface area contributed by atoms with Gasteiger partial charge in [0.25, 0.3) is 5.56 Å². The number of H-pyrrole nitrogens is 1. The van der Waals surface area contributed by atoms with E-state index in [2.05, 4.69) is 4.98 Å². The van der Waals surface area contributed by atoms with E-state index in [4.69, 9.17) is 10.5 Å². The van der Waals surface area contributed by atoms with Crippen LogP contribution in [0.2, 0.25) is 0 Å². The molecule has 31 heavy (non-hydrogen) atoms. The summed E-state index contributed by atoms with van der Waals surface area (Å²) in [6, 6.07) is 3.60. The summed E-state index contributed by atoms with van der Waals surface area (Å²) in [5, 5.41) is 0. The number of thiophene rings is 1. The minimum atomic E-state index is -0.728. The molecule has 2 aromatic heterocycles. The summed E-state index contributed by atoms with van der Waals surface area (Å²) in [6.45, 7) is 6.58. The van der Waals surface area contributed by atoms with Crippen LogP contribution in [0.15, 0.2) is 21.7 Å². The normalized spacial score (nSPS) is 11.1. The second-order valence-corrected chi connectivity index (χ2v) is 9.01. The fraction of sp³-hybridized carbons (Fsp3) is 0.524. The van der Waals surface area contributed by atoms with Gasteiger partial charge in [0, 0.05) is 44.5 Å². The maximum atomic E-state index is 13.0. The predicted molar refractivity (Wildman–Crippen MR) is 122 cm³/mol. The van der Waals surface area contributed by atoms with Crippen LogP contribution in [-0.4, -0.2) is 41.5 Å². The van der Waals surface area contributed by atoms with Crippen molar-refractivity contribution in [2.24, 2.45) is 5.92 Å². The Hall–Kier alpha value is -2.72. The number of aryl methyl sites for hydroxylation is 1. The molecule has 170 valence electrons. The van der Waals surface area contributed by atoms with Gasteiger partial charge >= 0.3 is 5.69 Å². The first-order valence-electron chi connectivity index (χ1n) is 10.2. The fourth-order valence-electron chi connectivity index (χ4n) is 3.18. The summed E-state index contributed by atoms with van der Waals surface area (Å²) in [6.07, 6.45) is 0.399. The number of Topliss-reactive ketones (excluding diaryl/α,β-unsaturated/α-hetero) is 1. The van der Waals surface area contributed by atoms with Gasteiger partial charge in [-0.25, -0.2) is 4.79 Å². The van der Waals surface area contributed by atoms with Gasteiger partial charge in [-0.1, -0.05) is 13.8 Å². The van der Waals surface area contributed by atoms with Crippen LogP contribution in [0.25, 0.3) is 0 Å². The molecule has 0 aliphatic rings. The maximum Gasteiger partial charge on any atom is 0.330 e. The van der Waals surface area contributed by atoms with Crippen LogP contribution < -0.4 is 21.9 Å². The SMILES string of the molecule is COCCCN(C(=O)CCC(=O)c1ccc(C)s1)c1c(N)n(CC(C)C)c(=O)[nH]c1=O. The van der Waals surface area contributed by atoms with Crippen molar-refractivity contribution in [3.05, 3.63) is 42.7 Å².